The van der Waals surface area contributed by atoms with Gasteiger partial charge >= 0.3 is 0 Å². The van der Waals surface area contributed by atoms with Crippen LogP contribution in [-0.2, 0) is 11.3 Å². The van der Waals surface area contributed by atoms with E-state index in [1.165, 1.54) is 16.8 Å². The lowest BCUT2D eigenvalue weighted by molar-refractivity contribution is -0.00524. The minimum absolute atomic E-state index is 0.310. The van der Waals surface area contributed by atoms with E-state index in [2.05, 4.69) is 49.2 Å². The standard InChI is InChI=1S/C15H24N2O/c1-11-7-14(8-16-4)5-6-15(11)17-9-12(2)18-13(3)10-17/h5-7,12-13,16H,8-10H2,1-4H3/t12-,13+. The number of ether oxygens (including phenoxy) is 1. The second-order valence-electron chi connectivity index (χ2n) is 5.31. The summed E-state index contributed by atoms with van der Waals surface area (Å²) >= 11 is 0. The molecule has 2 atom stereocenters. The maximum absolute atomic E-state index is 5.79. The van der Waals surface area contributed by atoms with Crippen molar-refractivity contribution in [1.82, 2.24) is 5.32 Å². The fourth-order valence-electron chi connectivity index (χ4n) is 2.76. The zero-order chi connectivity index (χ0) is 13.1. The molecule has 1 fully saturated rings. The molecule has 18 heavy (non-hydrogen) atoms. The quantitative estimate of drug-likeness (QED) is 0.888. The number of benzene rings is 1. The summed E-state index contributed by atoms with van der Waals surface area (Å²) < 4.78 is 5.79. The van der Waals surface area contributed by atoms with E-state index >= 15 is 0 Å². The predicted octanol–water partition coefficient (Wildman–Crippen LogP) is 2.33. The highest BCUT2D eigenvalue weighted by atomic mass is 16.5. The second kappa shape index (κ2) is 5.72. The van der Waals surface area contributed by atoms with Crippen molar-refractivity contribution in [3.05, 3.63) is 29.3 Å². The van der Waals surface area contributed by atoms with Gasteiger partial charge in [0, 0.05) is 25.3 Å². The summed E-state index contributed by atoms with van der Waals surface area (Å²) in [5.74, 6) is 0. The zero-order valence-electron chi connectivity index (χ0n) is 11.9. The van der Waals surface area contributed by atoms with Crippen molar-refractivity contribution < 1.29 is 4.74 Å². The molecule has 0 radical (unpaired) electrons. The molecule has 1 heterocycles. The number of hydrogen-bond acceptors (Lipinski definition) is 3. The number of aryl methyl sites for hydroxylation is 1. The molecule has 1 aliphatic rings. The molecule has 0 amide bonds. The lowest BCUT2D eigenvalue weighted by Crippen LogP contribution is -2.45. The summed E-state index contributed by atoms with van der Waals surface area (Å²) in [5, 5.41) is 3.19. The third-order valence-corrected chi connectivity index (χ3v) is 3.40. The number of anilines is 1. The Labute approximate surface area is 110 Å². The Morgan fingerprint density at radius 3 is 2.50 bits per heavy atom. The molecule has 3 nitrogen and oxygen atoms in total. The topological polar surface area (TPSA) is 24.5 Å². The van der Waals surface area contributed by atoms with Gasteiger partial charge in [-0.05, 0) is 45.0 Å². The van der Waals surface area contributed by atoms with Gasteiger partial charge in [0.1, 0.15) is 0 Å². The van der Waals surface area contributed by atoms with Crippen molar-refractivity contribution in [3.8, 4) is 0 Å². The Hall–Kier alpha value is -1.06. The smallest absolute Gasteiger partial charge is 0.0726 e. The largest absolute Gasteiger partial charge is 0.372 e. The van der Waals surface area contributed by atoms with Gasteiger partial charge in [0.05, 0.1) is 12.2 Å². The molecule has 100 valence electrons. The third-order valence-electron chi connectivity index (χ3n) is 3.40. The molecular weight excluding hydrogens is 224 g/mol. The van der Waals surface area contributed by atoms with E-state index in [9.17, 15) is 0 Å². The minimum atomic E-state index is 0.310. The van der Waals surface area contributed by atoms with Gasteiger partial charge in [-0.3, -0.25) is 0 Å². The molecular formula is C15H24N2O. The average molecular weight is 248 g/mol. The molecule has 1 N–H and O–H groups in total. The molecule has 1 aromatic carbocycles. The lowest BCUT2D eigenvalue weighted by Gasteiger charge is -2.37. The lowest BCUT2D eigenvalue weighted by atomic mass is 10.1. The number of nitrogens with one attached hydrogen (secondary N) is 1. The normalized spacial score (nSPS) is 24.3. The third kappa shape index (κ3) is 3.03. The van der Waals surface area contributed by atoms with Crippen LogP contribution in [0.3, 0.4) is 0 Å². The molecule has 1 aliphatic heterocycles. The van der Waals surface area contributed by atoms with Gasteiger partial charge in [-0.2, -0.15) is 0 Å². The molecule has 0 bridgehead atoms. The van der Waals surface area contributed by atoms with E-state index in [-0.39, 0.29) is 0 Å². The van der Waals surface area contributed by atoms with Crippen LogP contribution in [0.1, 0.15) is 25.0 Å². The summed E-state index contributed by atoms with van der Waals surface area (Å²) in [5.41, 5.74) is 4.04. The van der Waals surface area contributed by atoms with E-state index in [4.69, 9.17) is 4.74 Å². The molecule has 3 heteroatoms. The Balaban J connectivity index is 2.17. The van der Waals surface area contributed by atoms with Gasteiger partial charge in [-0.25, -0.2) is 0 Å². The number of nitrogens with zero attached hydrogens (tertiary/aromatic N) is 1. The highest BCUT2D eigenvalue weighted by molar-refractivity contribution is 5.55. The monoisotopic (exact) mass is 248 g/mol. The van der Waals surface area contributed by atoms with Crippen molar-refractivity contribution in [2.45, 2.75) is 39.5 Å². The first-order valence-electron chi connectivity index (χ1n) is 6.74. The van der Waals surface area contributed by atoms with Crippen molar-refractivity contribution in [3.63, 3.8) is 0 Å². The van der Waals surface area contributed by atoms with Gasteiger partial charge in [-0.15, -0.1) is 0 Å². The van der Waals surface area contributed by atoms with E-state index in [0.29, 0.717) is 12.2 Å². The van der Waals surface area contributed by atoms with Crippen molar-refractivity contribution in [2.24, 2.45) is 0 Å². The van der Waals surface area contributed by atoms with Crippen LogP contribution in [0.15, 0.2) is 18.2 Å². The molecule has 2 rings (SSSR count). The molecule has 0 aromatic heterocycles. The van der Waals surface area contributed by atoms with Gasteiger partial charge in [0.2, 0.25) is 0 Å². The fourth-order valence-corrected chi connectivity index (χ4v) is 2.76. The maximum atomic E-state index is 5.79. The molecule has 0 unspecified atom stereocenters. The Bertz CT molecular complexity index is 395. The number of morpholine rings is 1. The van der Waals surface area contributed by atoms with Crippen LogP contribution in [0, 0.1) is 6.92 Å². The number of rotatable bonds is 3. The highest BCUT2D eigenvalue weighted by Gasteiger charge is 2.23. The average Bonchev–Trinajstić information content (AvgIpc) is 2.28. The van der Waals surface area contributed by atoms with Gasteiger partial charge < -0.3 is 15.0 Å². The molecule has 1 saturated heterocycles. The highest BCUT2D eigenvalue weighted by Crippen LogP contribution is 2.25. The molecule has 1 aromatic rings. The first kappa shape index (κ1) is 13.4. The Kier molecular flexibility index (Phi) is 4.25. The summed E-state index contributed by atoms with van der Waals surface area (Å²) in [7, 11) is 1.98. The van der Waals surface area contributed by atoms with Crippen molar-refractivity contribution >= 4 is 5.69 Å². The summed E-state index contributed by atoms with van der Waals surface area (Å²) in [6.07, 6.45) is 0.621. The molecule has 0 aliphatic carbocycles. The SMILES string of the molecule is CNCc1ccc(N2C[C@@H](C)O[C@@H](C)C2)c(C)c1. The predicted molar refractivity (Wildman–Crippen MR) is 76.2 cm³/mol. The van der Waals surface area contributed by atoms with Crippen LogP contribution in [0.2, 0.25) is 0 Å². The van der Waals surface area contributed by atoms with Crippen LogP contribution >= 0.6 is 0 Å². The first-order valence-corrected chi connectivity index (χ1v) is 6.74. The van der Waals surface area contributed by atoms with Crippen LogP contribution in [0.5, 0.6) is 0 Å². The van der Waals surface area contributed by atoms with Crippen molar-refractivity contribution in [1.29, 1.82) is 0 Å². The van der Waals surface area contributed by atoms with E-state index in [0.717, 1.165) is 19.6 Å². The summed E-state index contributed by atoms with van der Waals surface area (Å²) in [6.45, 7) is 9.38. The van der Waals surface area contributed by atoms with E-state index in [1.807, 2.05) is 7.05 Å². The maximum Gasteiger partial charge on any atom is 0.0726 e. The van der Waals surface area contributed by atoms with Gasteiger partial charge in [-0.1, -0.05) is 12.1 Å². The van der Waals surface area contributed by atoms with Gasteiger partial charge in [0.25, 0.3) is 0 Å². The minimum Gasteiger partial charge on any atom is -0.372 e. The summed E-state index contributed by atoms with van der Waals surface area (Å²) in [6, 6.07) is 6.73. The zero-order valence-corrected chi connectivity index (χ0v) is 11.9. The molecule has 0 spiro atoms. The first-order chi connectivity index (χ1) is 8.60. The van der Waals surface area contributed by atoms with Crippen LogP contribution in [0.25, 0.3) is 0 Å². The molecule has 0 saturated carbocycles. The fraction of sp³-hybridized carbons (Fsp3) is 0.600. The number of hydrogen-bond donors (Lipinski definition) is 1. The van der Waals surface area contributed by atoms with Crippen LogP contribution in [0.4, 0.5) is 5.69 Å². The van der Waals surface area contributed by atoms with Crippen LogP contribution < -0.4 is 10.2 Å². The van der Waals surface area contributed by atoms with E-state index in [1.54, 1.807) is 0 Å². The van der Waals surface area contributed by atoms with Gasteiger partial charge in [0.15, 0.2) is 0 Å². The van der Waals surface area contributed by atoms with Crippen molar-refractivity contribution in [2.75, 3.05) is 25.0 Å². The summed E-state index contributed by atoms with van der Waals surface area (Å²) in [4.78, 5) is 2.44. The Morgan fingerprint density at radius 1 is 1.28 bits per heavy atom. The second-order valence-corrected chi connectivity index (χ2v) is 5.31. The van der Waals surface area contributed by atoms with E-state index < -0.39 is 0 Å². The Morgan fingerprint density at radius 2 is 1.94 bits per heavy atom. The van der Waals surface area contributed by atoms with Crippen LogP contribution in [-0.4, -0.2) is 32.3 Å².